The van der Waals surface area contributed by atoms with E-state index in [4.69, 9.17) is 14.0 Å². The molecular formula is C14H19BO5. The number of carbonyl (C=O) groups excluding carboxylic acids is 1. The van der Waals surface area contributed by atoms with Gasteiger partial charge in [0.25, 0.3) is 0 Å². The fourth-order valence-corrected chi connectivity index (χ4v) is 2.02. The number of ether oxygens (including phenoxy) is 1. The van der Waals surface area contributed by atoms with E-state index in [0.717, 1.165) is 0 Å². The molecule has 1 aromatic rings. The summed E-state index contributed by atoms with van der Waals surface area (Å²) in [6.07, 6.45) is 0.691. The first kappa shape index (κ1) is 14.9. The third kappa shape index (κ3) is 2.29. The summed E-state index contributed by atoms with van der Waals surface area (Å²) in [5.74, 6) is 0.149. The Morgan fingerprint density at radius 1 is 1.20 bits per heavy atom. The first-order valence-corrected chi connectivity index (χ1v) is 6.43. The van der Waals surface area contributed by atoms with E-state index in [0.29, 0.717) is 17.3 Å². The molecule has 1 saturated heterocycles. The highest BCUT2D eigenvalue weighted by atomic mass is 16.7. The van der Waals surface area contributed by atoms with E-state index in [1.165, 1.54) is 13.2 Å². The Hall–Kier alpha value is -1.53. The quantitative estimate of drug-likeness (QED) is 0.670. The van der Waals surface area contributed by atoms with Crippen LogP contribution in [0.25, 0.3) is 0 Å². The van der Waals surface area contributed by atoms with Crippen LogP contribution in [-0.2, 0) is 9.31 Å². The number of carbonyl (C=O) groups is 1. The molecule has 0 amide bonds. The maximum Gasteiger partial charge on any atom is 0.498 e. The highest BCUT2D eigenvalue weighted by Gasteiger charge is 2.52. The topological polar surface area (TPSA) is 65.0 Å². The van der Waals surface area contributed by atoms with Crippen molar-refractivity contribution < 1.29 is 23.9 Å². The van der Waals surface area contributed by atoms with Crippen molar-refractivity contribution in [2.75, 3.05) is 7.11 Å². The minimum absolute atomic E-state index is 0.0726. The molecule has 1 aromatic carbocycles. The largest absolute Gasteiger partial charge is 0.505 e. The highest BCUT2D eigenvalue weighted by molar-refractivity contribution is 6.63. The van der Waals surface area contributed by atoms with Gasteiger partial charge in [-0.1, -0.05) is 0 Å². The van der Waals surface area contributed by atoms with Crippen LogP contribution < -0.4 is 10.2 Å². The second kappa shape index (κ2) is 4.79. The van der Waals surface area contributed by atoms with Crippen molar-refractivity contribution in [1.82, 2.24) is 0 Å². The third-order valence-corrected chi connectivity index (χ3v) is 3.99. The van der Waals surface area contributed by atoms with Crippen LogP contribution in [0.2, 0.25) is 0 Å². The molecule has 108 valence electrons. The lowest BCUT2D eigenvalue weighted by Crippen LogP contribution is -2.41. The molecule has 0 spiro atoms. The van der Waals surface area contributed by atoms with Gasteiger partial charge in [-0.15, -0.1) is 0 Å². The second-order valence-corrected chi connectivity index (χ2v) is 5.87. The van der Waals surface area contributed by atoms with Gasteiger partial charge in [0.15, 0.2) is 11.5 Å². The number of aldehydes is 1. The van der Waals surface area contributed by atoms with Gasteiger partial charge >= 0.3 is 7.12 Å². The van der Waals surface area contributed by atoms with E-state index in [9.17, 15) is 9.90 Å². The van der Waals surface area contributed by atoms with Crippen LogP contribution in [0.5, 0.6) is 11.5 Å². The van der Waals surface area contributed by atoms with Crippen molar-refractivity contribution in [1.29, 1.82) is 0 Å². The van der Waals surface area contributed by atoms with E-state index >= 15 is 0 Å². The molecule has 1 N–H and O–H groups in total. The normalized spacial score (nSPS) is 19.9. The molecule has 1 aliphatic heterocycles. The molecule has 1 heterocycles. The number of rotatable bonds is 3. The summed E-state index contributed by atoms with van der Waals surface area (Å²) in [4.78, 5) is 11.0. The van der Waals surface area contributed by atoms with Gasteiger partial charge in [-0.3, -0.25) is 4.79 Å². The van der Waals surface area contributed by atoms with Crippen molar-refractivity contribution in [2.24, 2.45) is 0 Å². The fourth-order valence-electron chi connectivity index (χ4n) is 2.02. The standard InChI is InChI=1S/C14H19BO5/c1-13(2)14(3,4)20-15(19-13)10-6-9(8-16)7-11(18-5)12(10)17/h6-8,17H,1-5H3. The molecule has 1 fully saturated rings. The molecule has 20 heavy (non-hydrogen) atoms. The summed E-state index contributed by atoms with van der Waals surface area (Å²) in [5.41, 5.74) is -0.252. The summed E-state index contributed by atoms with van der Waals surface area (Å²) in [5, 5.41) is 10.2. The lowest BCUT2D eigenvalue weighted by atomic mass is 9.77. The van der Waals surface area contributed by atoms with Gasteiger partial charge in [0.1, 0.15) is 6.29 Å². The van der Waals surface area contributed by atoms with Gasteiger partial charge in [0.05, 0.1) is 18.3 Å². The van der Waals surface area contributed by atoms with Crippen LogP contribution in [0.4, 0.5) is 0 Å². The predicted molar refractivity (Wildman–Crippen MR) is 75.8 cm³/mol. The molecular weight excluding hydrogens is 259 g/mol. The first-order valence-electron chi connectivity index (χ1n) is 6.43. The Morgan fingerprint density at radius 3 is 2.20 bits per heavy atom. The van der Waals surface area contributed by atoms with Crippen molar-refractivity contribution in [3.63, 3.8) is 0 Å². The predicted octanol–water partition coefficient (Wildman–Crippen LogP) is 1.51. The summed E-state index contributed by atoms with van der Waals surface area (Å²) >= 11 is 0. The number of aromatic hydroxyl groups is 1. The van der Waals surface area contributed by atoms with E-state index in [1.807, 2.05) is 27.7 Å². The van der Waals surface area contributed by atoms with Gasteiger partial charge in [-0.25, -0.2) is 0 Å². The van der Waals surface area contributed by atoms with Crippen LogP contribution in [0.3, 0.4) is 0 Å². The molecule has 0 saturated carbocycles. The number of hydrogen-bond donors (Lipinski definition) is 1. The van der Waals surface area contributed by atoms with Gasteiger partial charge in [-0.05, 0) is 39.8 Å². The van der Waals surface area contributed by atoms with E-state index < -0.39 is 18.3 Å². The van der Waals surface area contributed by atoms with Crippen LogP contribution >= 0.6 is 0 Å². The van der Waals surface area contributed by atoms with Gasteiger partial charge in [0, 0.05) is 11.0 Å². The molecule has 0 atom stereocenters. The Bertz CT molecular complexity index is 523. The van der Waals surface area contributed by atoms with Crippen LogP contribution in [0.15, 0.2) is 12.1 Å². The third-order valence-electron chi connectivity index (χ3n) is 3.99. The molecule has 0 aliphatic carbocycles. The molecule has 0 bridgehead atoms. The summed E-state index contributed by atoms with van der Waals surface area (Å²) in [6, 6.07) is 3.02. The van der Waals surface area contributed by atoms with E-state index in [2.05, 4.69) is 0 Å². The number of hydrogen-bond acceptors (Lipinski definition) is 5. The van der Waals surface area contributed by atoms with E-state index in [-0.39, 0.29) is 11.5 Å². The summed E-state index contributed by atoms with van der Waals surface area (Å²) in [7, 11) is 0.686. The molecule has 5 nitrogen and oxygen atoms in total. The number of benzene rings is 1. The monoisotopic (exact) mass is 278 g/mol. The lowest BCUT2D eigenvalue weighted by molar-refractivity contribution is 0.00578. The molecule has 6 heteroatoms. The number of methoxy groups -OCH3 is 1. The number of phenols is 1. The zero-order valence-corrected chi connectivity index (χ0v) is 12.4. The summed E-state index contributed by atoms with van der Waals surface area (Å²) in [6.45, 7) is 7.69. The lowest BCUT2D eigenvalue weighted by Gasteiger charge is -2.32. The van der Waals surface area contributed by atoms with Crippen molar-refractivity contribution >= 4 is 18.9 Å². The smallest absolute Gasteiger partial charge is 0.498 e. The van der Waals surface area contributed by atoms with Crippen LogP contribution in [-0.4, -0.2) is 36.8 Å². The van der Waals surface area contributed by atoms with Gasteiger partial charge in [0.2, 0.25) is 0 Å². The summed E-state index contributed by atoms with van der Waals surface area (Å²) < 4.78 is 16.8. The van der Waals surface area contributed by atoms with Crippen molar-refractivity contribution in [2.45, 2.75) is 38.9 Å². The maximum absolute atomic E-state index is 11.0. The maximum atomic E-state index is 11.0. The van der Waals surface area contributed by atoms with Crippen molar-refractivity contribution in [3.05, 3.63) is 17.7 Å². The Balaban J connectivity index is 2.47. The zero-order valence-electron chi connectivity index (χ0n) is 12.4. The van der Waals surface area contributed by atoms with Gasteiger partial charge < -0.3 is 19.2 Å². The zero-order chi connectivity index (χ0) is 15.1. The fraction of sp³-hybridized carbons (Fsp3) is 0.500. The molecule has 1 aliphatic rings. The molecule has 0 unspecified atom stereocenters. The number of phenolic OH excluding ortho intramolecular Hbond substituents is 1. The Labute approximate surface area is 119 Å². The minimum Gasteiger partial charge on any atom is -0.505 e. The second-order valence-electron chi connectivity index (χ2n) is 5.87. The highest BCUT2D eigenvalue weighted by Crippen LogP contribution is 2.38. The SMILES string of the molecule is COc1cc(C=O)cc(B2OC(C)(C)C(C)(C)O2)c1O. The average molecular weight is 278 g/mol. The first-order chi connectivity index (χ1) is 9.21. The van der Waals surface area contributed by atoms with Crippen LogP contribution in [0, 0.1) is 0 Å². The molecule has 0 radical (unpaired) electrons. The average Bonchev–Trinajstić information content (AvgIpc) is 2.58. The van der Waals surface area contributed by atoms with Crippen molar-refractivity contribution in [3.8, 4) is 11.5 Å². The van der Waals surface area contributed by atoms with Gasteiger partial charge in [-0.2, -0.15) is 0 Å². The molecule has 2 rings (SSSR count). The Kier molecular flexibility index (Phi) is 3.56. The van der Waals surface area contributed by atoms with E-state index in [1.54, 1.807) is 6.07 Å². The Morgan fingerprint density at radius 2 is 1.75 bits per heavy atom. The van der Waals surface area contributed by atoms with Crippen LogP contribution in [0.1, 0.15) is 38.1 Å². The minimum atomic E-state index is -0.742. The molecule has 0 aromatic heterocycles.